The Morgan fingerprint density at radius 2 is 1.49 bits per heavy atom. The summed E-state index contributed by atoms with van der Waals surface area (Å²) in [5, 5.41) is 41.1. The largest absolute Gasteiger partial charge is 0.473 e. The summed E-state index contributed by atoms with van der Waals surface area (Å²) in [5.74, 6) is -4.58. The molecule has 0 saturated carbocycles. The van der Waals surface area contributed by atoms with Crippen LogP contribution in [0, 0.1) is 6.92 Å². The zero-order valence-corrected chi connectivity index (χ0v) is 24.6. The highest BCUT2D eigenvalue weighted by Gasteiger charge is 2.22. The first kappa shape index (κ1) is 34.0. The zero-order valence-electron chi connectivity index (χ0n) is 24.6. The zero-order chi connectivity index (χ0) is 33.1. The van der Waals surface area contributed by atoms with E-state index < -0.39 is 23.9 Å². The van der Waals surface area contributed by atoms with Crippen molar-refractivity contribution in [1.82, 2.24) is 34.2 Å². The second-order valence-electron chi connectivity index (χ2n) is 9.80. The van der Waals surface area contributed by atoms with Gasteiger partial charge < -0.3 is 39.6 Å². The molecule has 0 aliphatic carbocycles. The first-order valence-electron chi connectivity index (χ1n) is 13.8. The molecule has 1 aliphatic rings. The molecular formula is C27H34N8O10. The average Bonchev–Trinajstić information content (AvgIpc) is 3.69. The number of likely N-dealkylation sites (tertiary alicyclic amines) is 1. The molecule has 0 radical (unpaired) electrons. The highest BCUT2D eigenvalue weighted by molar-refractivity contribution is 6.27. The fourth-order valence-corrected chi connectivity index (χ4v) is 4.44. The van der Waals surface area contributed by atoms with E-state index in [1.165, 1.54) is 9.36 Å². The lowest BCUT2D eigenvalue weighted by atomic mass is 10.1. The van der Waals surface area contributed by atoms with Gasteiger partial charge in [0.25, 0.3) is 0 Å². The molecule has 5 rings (SSSR count). The number of benzene rings is 1. The smallest absolute Gasteiger partial charge is 0.414 e. The number of fused-ring (bicyclic) bond motifs is 1. The van der Waals surface area contributed by atoms with E-state index in [1.54, 1.807) is 0 Å². The molecule has 0 bridgehead atoms. The summed E-state index contributed by atoms with van der Waals surface area (Å²) in [5.41, 5.74) is 1.93. The number of aryl methyl sites for hydroxylation is 2. The third kappa shape index (κ3) is 9.75. The molecule has 18 heteroatoms. The summed E-state index contributed by atoms with van der Waals surface area (Å²) in [7, 11) is 0. The second kappa shape index (κ2) is 15.8. The van der Waals surface area contributed by atoms with E-state index in [0.29, 0.717) is 25.7 Å². The van der Waals surface area contributed by atoms with Gasteiger partial charge in [0.05, 0.1) is 24.1 Å². The van der Waals surface area contributed by atoms with Crippen LogP contribution in [0.15, 0.2) is 45.6 Å². The molecule has 3 aromatic heterocycles. The third-order valence-electron chi connectivity index (χ3n) is 6.68. The standard InChI is InChI=1S/C23H30N8O2.2C2H2O4/c1-3-30-23(32)31(27-26-30)15-14-28-12-10-18(11-13-28)24-22-25-20-6-4-5-7-21(20)29(22)16-19-9-8-17(2)33-19;2*3-1(4)2(5)6/h4-9,18H,3,10-16H2,1-2H3,(H,24,25);2*(H,3,4)(H,5,6). The van der Waals surface area contributed by atoms with Crippen LogP contribution in [-0.4, -0.2) is 104 Å². The number of tetrazole rings is 1. The predicted molar refractivity (Wildman–Crippen MR) is 156 cm³/mol. The predicted octanol–water partition coefficient (Wildman–Crippen LogP) is 0.647. The lowest BCUT2D eigenvalue weighted by Gasteiger charge is -2.32. The molecule has 4 aromatic rings. The number of nitrogens with one attached hydrogen (secondary N) is 1. The van der Waals surface area contributed by atoms with E-state index >= 15 is 0 Å². The lowest BCUT2D eigenvalue weighted by molar-refractivity contribution is -0.159. The molecule has 4 heterocycles. The van der Waals surface area contributed by atoms with Crippen molar-refractivity contribution < 1.29 is 44.0 Å². The first-order chi connectivity index (χ1) is 21.4. The Morgan fingerprint density at radius 1 is 0.889 bits per heavy atom. The highest BCUT2D eigenvalue weighted by atomic mass is 16.4. The van der Waals surface area contributed by atoms with Gasteiger partial charge in [-0.1, -0.05) is 12.1 Å². The van der Waals surface area contributed by atoms with Crippen LogP contribution in [0.5, 0.6) is 0 Å². The Bertz CT molecular complexity index is 1630. The average molecular weight is 631 g/mol. The van der Waals surface area contributed by atoms with Crippen LogP contribution in [0.1, 0.15) is 31.3 Å². The minimum atomic E-state index is -1.82. The van der Waals surface area contributed by atoms with E-state index in [9.17, 15) is 4.79 Å². The number of carboxylic acids is 4. The molecule has 1 saturated heterocycles. The minimum Gasteiger partial charge on any atom is -0.473 e. The maximum atomic E-state index is 12.1. The molecule has 45 heavy (non-hydrogen) atoms. The summed E-state index contributed by atoms with van der Waals surface area (Å²) >= 11 is 0. The van der Waals surface area contributed by atoms with Crippen molar-refractivity contribution in [2.45, 2.75) is 52.4 Å². The molecular weight excluding hydrogens is 596 g/mol. The Morgan fingerprint density at radius 3 is 2.02 bits per heavy atom. The Kier molecular flexibility index (Phi) is 11.9. The van der Waals surface area contributed by atoms with Crippen molar-refractivity contribution in [1.29, 1.82) is 0 Å². The molecule has 1 fully saturated rings. The van der Waals surface area contributed by atoms with Crippen LogP contribution in [-0.2, 0) is 38.8 Å². The van der Waals surface area contributed by atoms with E-state index in [0.717, 1.165) is 61.0 Å². The van der Waals surface area contributed by atoms with Crippen LogP contribution in [0.4, 0.5) is 5.95 Å². The number of anilines is 1. The number of carbonyl (C=O) groups is 4. The second-order valence-corrected chi connectivity index (χ2v) is 9.80. The number of rotatable bonds is 8. The van der Waals surface area contributed by atoms with Crippen LogP contribution < -0.4 is 11.0 Å². The summed E-state index contributed by atoms with van der Waals surface area (Å²) in [6.45, 7) is 8.33. The molecule has 18 nitrogen and oxygen atoms in total. The molecule has 242 valence electrons. The monoisotopic (exact) mass is 630 g/mol. The van der Waals surface area contributed by atoms with Crippen molar-refractivity contribution >= 4 is 40.9 Å². The highest BCUT2D eigenvalue weighted by Crippen LogP contribution is 2.24. The normalized spacial score (nSPS) is 13.3. The quantitative estimate of drug-likeness (QED) is 0.168. The number of imidazole rings is 1. The molecule has 1 aliphatic heterocycles. The van der Waals surface area contributed by atoms with Gasteiger partial charge in [-0.2, -0.15) is 9.36 Å². The number of hydrogen-bond acceptors (Lipinski definition) is 11. The van der Waals surface area contributed by atoms with Gasteiger partial charge >= 0.3 is 29.6 Å². The molecule has 5 N–H and O–H groups in total. The van der Waals surface area contributed by atoms with Gasteiger partial charge in [0.2, 0.25) is 5.95 Å². The van der Waals surface area contributed by atoms with Crippen molar-refractivity contribution in [3.63, 3.8) is 0 Å². The van der Waals surface area contributed by atoms with E-state index in [-0.39, 0.29) is 5.69 Å². The van der Waals surface area contributed by atoms with Crippen LogP contribution in [0.3, 0.4) is 0 Å². The number of para-hydroxylation sites is 2. The molecule has 1 aromatic carbocycles. The van der Waals surface area contributed by atoms with Gasteiger partial charge in [-0.25, -0.2) is 29.0 Å². The van der Waals surface area contributed by atoms with Crippen molar-refractivity contribution in [2.75, 3.05) is 25.0 Å². The first-order valence-corrected chi connectivity index (χ1v) is 13.8. The van der Waals surface area contributed by atoms with Crippen molar-refractivity contribution in [3.05, 3.63) is 58.4 Å². The maximum Gasteiger partial charge on any atom is 0.414 e. The van der Waals surface area contributed by atoms with Crippen molar-refractivity contribution in [3.8, 4) is 0 Å². The number of furan rings is 1. The van der Waals surface area contributed by atoms with Gasteiger partial charge in [0, 0.05) is 32.2 Å². The maximum absolute atomic E-state index is 12.1. The Hall–Kier alpha value is -5.52. The number of carboxylic acid groups (broad SMARTS) is 4. The topological polar surface area (TPSA) is 248 Å². The van der Waals surface area contributed by atoms with Crippen LogP contribution >= 0.6 is 0 Å². The fourth-order valence-electron chi connectivity index (χ4n) is 4.44. The molecule has 0 unspecified atom stereocenters. The van der Waals surface area contributed by atoms with Crippen LogP contribution in [0.25, 0.3) is 11.0 Å². The molecule has 0 amide bonds. The van der Waals surface area contributed by atoms with Gasteiger partial charge in [-0.15, -0.1) is 0 Å². The number of aromatic nitrogens is 6. The summed E-state index contributed by atoms with van der Waals surface area (Å²) in [6.07, 6.45) is 2.03. The Labute approximate surface area is 255 Å². The number of aliphatic carboxylic acids is 4. The number of nitrogens with zero attached hydrogens (tertiary/aromatic N) is 7. The van der Waals surface area contributed by atoms with Gasteiger partial charge in [-0.3, -0.25) is 0 Å². The van der Waals surface area contributed by atoms with Crippen LogP contribution in [0.2, 0.25) is 0 Å². The minimum absolute atomic E-state index is 0.139. The molecule has 0 spiro atoms. The number of piperidine rings is 1. The SMILES string of the molecule is CCn1nnn(CCN2CCC(Nc3nc4ccccc4n3Cc3ccc(C)o3)CC2)c1=O.O=C(O)C(=O)O.O=C(O)C(=O)O. The van der Waals surface area contributed by atoms with E-state index in [2.05, 4.69) is 31.3 Å². The van der Waals surface area contributed by atoms with Gasteiger partial charge in [0.1, 0.15) is 11.5 Å². The molecule has 0 atom stereocenters. The third-order valence-corrected chi connectivity index (χ3v) is 6.68. The van der Waals surface area contributed by atoms with E-state index in [4.69, 9.17) is 49.0 Å². The summed E-state index contributed by atoms with van der Waals surface area (Å²) < 4.78 is 10.9. The van der Waals surface area contributed by atoms with Gasteiger partial charge in [-0.05, 0) is 61.4 Å². The summed E-state index contributed by atoms with van der Waals surface area (Å²) in [4.78, 5) is 55.8. The van der Waals surface area contributed by atoms with E-state index in [1.807, 2.05) is 44.2 Å². The number of hydrogen-bond donors (Lipinski definition) is 5. The lowest BCUT2D eigenvalue weighted by Crippen LogP contribution is -2.41. The fraction of sp³-hybridized carbons (Fsp3) is 0.407. The van der Waals surface area contributed by atoms with Crippen molar-refractivity contribution in [2.24, 2.45) is 0 Å². The summed E-state index contributed by atoms with van der Waals surface area (Å²) in [6, 6.07) is 12.6. The Balaban J connectivity index is 0.000000392. The van der Waals surface area contributed by atoms with Gasteiger partial charge in [0.15, 0.2) is 0 Å².